The van der Waals surface area contributed by atoms with Crippen molar-refractivity contribution in [2.75, 3.05) is 0 Å². The molecular formula is CuO5P2+2. The van der Waals surface area contributed by atoms with Gasteiger partial charge in [-0.2, -0.15) is 0 Å². The molecule has 0 amide bonds. The van der Waals surface area contributed by atoms with Crippen LogP contribution < -0.4 is 9.79 Å². The van der Waals surface area contributed by atoms with Gasteiger partial charge in [-0.15, -0.1) is 0 Å². The Morgan fingerprint density at radius 2 is 1.38 bits per heavy atom. The van der Waals surface area contributed by atoms with Crippen LogP contribution in [0.5, 0.6) is 0 Å². The normalized spacial score (nSPS) is 11.8. The Bertz CT molecular complexity index is 86.6. The van der Waals surface area contributed by atoms with Crippen LogP contribution in [0.2, 0.25) is 0 Å². The molecule has 0 N–H and O–H groups in total. The van der Waals surface area contributed by atoms with Crippen LogP contribution in [-0.2, 0) is 30.5 Å². The first-order chi connectivity index (χ1) is 3.13. The Morgan fingerprint density at radius 1 is 1.12 bits per heavy atom. The quantitative estimate of drug-likeness (QED) is 0.428. The second kappa shape index (κ2) is 5.73. The van der Waals surface area contributed by atoms with E-state index < -0.39 is 16.5 Å². The molecule has 0 saturated heterocycles. The first-order valence-corrected chi connectivity index (χ1v) is 3.29. The van der Waals surface area contributed by atoms with E-state index in [2.05, 4.69) is 4.31 Å². The third-order valence-electron chi connectivity index (χ3n) is 0.133. The summed E-state index contributed by atoms with van der Waals surface area (Å²) in [5.41, 5.74) is 0. The largest absolute Gasteiger partial charge is 2.00 e. The average Bonchev–Trinajstić information content (AvgIpc) is 1.27. The molecular weight excluding hydrogens is 205 g/mol. The standard InChI is InChI=1S/Cu.O5P2/c;1-6(2)5-7(3)4/q+2;. The van der Waals surface area contributed by atoms with Crippen LogP contribution in [0.1, 0.15) is 0 Å². The molecule has 49 valence electrons. The van der Waals surface area contributed by atoms with Crippen molar-refractivity contribution in [3.8, 4) is 0 Å². The van der Waals surface area contributed by atoms with E-state index in [1.165, 1.54) is 0 Å². The predicted octanol–water partition coefficient (Wildman–Crippen LogP) is -0.964. The van der Waals surface area contributed by atoms with Gasteiger partial charge in [0, 0.05) is 0 Å². The molecule has 0 bridgehead atoms. The van der Waals surface area contributed by atoms with Crippen molar-refractivity contribution in [3.05, 3.63) is 0 Å². The van der Waals surface area contributed by atoms with Gasteiger partial charge in [0.25, 0.3) is 0 Å². The topological polar surface area (TPSA) is 89.5 Å². The van der Waals surface area contributed by atoms with E-state index in [9.17, 15) is 18.9 Å². The van der Waals surface area contributed by atoms with Gasteiger partial charge in [0.15, 0.2) is 0 Å². The molecule has 0 aliphatic heterocycles. The van der Waals surface area contributed by atoms with E-state index in [4.69, 9.17) is 0 Å². The van der Waals surface area contributed by atoms with Gasteiger partial charge >= 0.3 is 33.6 Å². The van der Waals surface area contributed by atoms with Crippen LogP contribution in [0.25, 0.3) is 0 Å². The maximum Gasteiger partial charge on any atom is 2.00 e. The Morgan fingerprint density at radius 3 is 1.38 bits per heavy atom. The van der Waals surface area contributed by atoms with Crippen molar-refractivity contribution in [1.82, 2.24) is 0 Å². The van der Waals surface area contributed by atoms with Gasteiger partial charge in [-0.25, -0.2) is 0 Å². The molecule has 0 aliphatic rings. The van der Waals surface area contributed by atoms with Crippen LogP contribution in [0.4, 0.5) is 0 Å². The Labute approximate surface area is 57.4 Å². The Hall–Kier alpha value is 0.599. The van der Waals surface area contributed by atoms with E-state index in [0.29, 0.717) is 0 Å². The number of hydrogen-bond donors (Lipinski definition) is 0. The summed E-state index contributed by atoms with van der Waals surface area (Å²) in [5.74, 6) is 0. The molecule has 0 aliphatic carbocycles. The predicted molar refractivity (Wildman–Crippen MR) is 16.3 cm³/mol. The zero-order valence-corrected chi connectivity index (χ0v) is 5.97. The van der Waals surface area contributed by atoms with E-state index in [1.54, 1.807) is 0 Å². The van der Waals surface area contributed by atoms with Crippen molar-refractivity contribution in [1.29, 1.82) is 0 Å². The molecule has 2 atom stereocenters. The molecule has 0 aromatic rings. The van der Waals surface area contributed by atoms with Crippen molar-refractivity contribution in [2.45, 2.75) is 0 Å². The van der Waals surface area contributed by atoms with Gasteiger partial charge in [-0.05, 0) is 9.13 Å². The van der Waals surface area contributed by atoms with Gasteiger partial charge in [-0.3, -0.25) is 0 Å². The smallest absolute Gasteiger partial charge is 0.563 e. The summed E-state index contributed by atoms with van der Waals surface area (Å²) in [5, 5.41) is 0. The van der Waals surface area contributed by atoms with Crippen LogP contribution >= 0.6 is 16.5 Å². The maximum atomic E-state index is 9.24. The van der Waals surface area contributed by atoms with Crippen molar-refractivity contribution in [3.63, 3.8) is 0 Å². The van der Waals surface area contributed by atoms with Crippen molar-refractivity contribution >= 4 is 16.5 Å². The van der Waals surface area contributed by atoms with E-state index in [-0.39, 0.29) is 17.1 Å². The van der Waals surface area contributed by atoms with Crippen LogP contribution in [0.15, 0.2) is 0 Å². The molecule has 1 radical (unpaired) electrons. The summed E-state index contributed by atoms with van der Waals surface area (Å²) in [4.78, 5) is 18.5. The third kappa shape index (κ3) is 9.78. The van der Waals surface area contributed by atoms with Gasteiger partial charge in [0.05, 0.1) is 0 Å². The molecule has 0 heterocycles. The fourth-order valence-corrected chi connectivity index (χ4v) is 0.490. The zero-order chi connectivity index (χ0) is 5.86. The molecule has 0 spiro atoms. The Kier molecular flexibility index (Phi) is 8.17. The van der Waals surface area contributed by atoms with Crippen molar-refractivity contribution < 1.29 is 40.3 Å². The van der Waals surface area contributed by atoms with Crippen LogP contribution in [0, 0.1) is 0 Å². The summed E-state index contributed by atoms with van der Waals surface area (Å²) >= 11 is 0. The molecule has 0 aromatic carbocycles. The summed E-state index contributed by atoms with van der Waals surface area (Å²) in [7, 11) is -6.47. The minimum absolute atomic E-state index is 0. The first kappa shape index (κ1) is 11.4. The molecule has 5 nitrogen and oxygen atoms in total. The fourth-order valence-electron chi connectivity index (χ4n) is 0.0544. The summed E-state index contributed by atoms with van der Waals surface area (Å²) in [6.07, 6.45) is 0. The van der Waals surface area contributed by atoms with Gasteiger partial charge in [-0.1, -0.05) is 0 Å². The third-order valence-corrected chi connectivity index (χ3v) is 1.20. The molecule has 0 aromatic heterocycles. The monoisotopic (exact) mass is 205 g/mol. The summed E-state index contributed by atoms with van der Waals surface area (Å²) in [6, 6.07) is 0. The SMILES string of the molecule is O=[P+]([O-])O[P+](=O)[O-].[Cu+2]. The van der Waals surface area contributed by atoms with Crippen LogP contribution in [-0.4, -0.2) is 0 Å². The molecule has 2 unspecified atom stereocenters. The van der Waals surface area contributed by atoms with Crippen molar-refractivity contribution in [2.24, 2.45) is 0 Å². The molecule has 8 heavy (non-hydrogen) atoms. The zero-order valence-electron chi connectivity index (χ0n) is 3.24. The van der Waals surface area contributed by atoms with E-state index >= 15 is 0 Å². The molecule has 8 heteroatoms. The second-order valence-electron chi connectivity index (χ2n) is 0.529. The van der Waals surface area contributed by atoms with Gasteiger partial charge < -0.3 is 9.79 Å². The number of hydrogen-bond acceptors (Lipinski definition) is 5. The van der Waals surface area contributed by atoms with Gasteiger partial charge in [0.1, 0.15) is 4.31 Å². The van der Waals surface area contributed by atoms with Gasteiger partial charge in [0.2, 0.25) is 0 Å². The summed E-state index contributed by atoms with van der Waals surface area (Å²) in [6.45, 7) is 0. The van der Waals surface area contributed by atoms with Crippen LogP contribution in [0.3, 0.4) is 0 Å². The molecule has 0 saturated carbocycles. The fraction of sp³-hybridized carbons (Fsp3) is 0. The molecule has 0 rings (SSSR count). The second-order valence-corrected chi connectivity index (χ2v) is 2.08. The summed E-state index contributed by atoms with van der Waals surface area (Å²) < 4.78 is 21.6. The molecule has 0 fully saturated rings. The van der Waals surface area contributed by atoms with E-state index in [1.807, 2.05) is 0 Å². The average molecular weight is 205 g/mol. The number of rotatable bonds is 2. The van der Waals surface area contributed by atoms with E-state index in [0.717, 1.165) is 0 Å². The maximum absolute atomic E-state index is 9.24. The Balaban J connectivity index is 0. The minimum atomic E-state index is -3.24. The minimum Gasteiger partial charge on any atom is -0.563 e. The first-order valence-electron chi connectivity index (χ1n) is 1.10.